The Labute approximate surface area is 107 Å². The zero-order chi connectivity index (χ0) is 13.5. The van der Waals surface area contributed by atoms with E-state index in [9.17, 15) is 4.79 Å². The summed E-state index contributed by atoms with van der Waals surface area (Å²) >= 11 is 0. The van der Waals surface area contributed by atoms with Gasteiger partial charge in [0.05, 0.1) is 6.61 Å². The van der Waals surface area contributed by atoms with Gasteiger partial charge in [-0.05, 0) is 13.8 Å². The third-order valence-electron chi connectivity index (χ3n) is 2.38. The highest BCUT2D eigenvalue weighted by atomic mass is 16.5. The summed E-state index contributed by atoms with van der Waals surface area (Å²) in [5, 5.41) is 10.6. The molecule has 18 heavy (non-hydrogen) atoms. The monoisotopic (exact) mass is 255 g/mol. The SMILES string of the molecule is CCOCCC(=O)NC(C)c1nnc(C(C)C)o1. The highest BCUT2D eigenvalue weighted by molar-refractivity contribution is 5.76. The molecule has 1 rings (SSSR count). The molecule has 0 aliphatic carbocycles. The highest BCUT2D eigenvalue weighted by Gasteiger charge is 2.17. The van der Waals surface area contributed by atoms with Gasteiger partial charge in [0, 0.05) is 18.9 Å². The minimum Gasteiger partial charge on any atom is -0.423 e. The van der Waals surface area contributed by atoms with E-state index in [0.29, 0.717) is 31.4 Å². The molecule has 0 fully saturated rings. The van der Waals surface area contributed by atoms with Crippen molar-refractivity contribution in [3.05, 3.63) is 11.8 Å². The smallest absolute Gasteiger partial charge is 0.238 e. The fourth-order valence-electron chi connectivity index (χ4n) is 1.34. The van der Waals surface area contributed by atoms with E-state index in [2.05, 4.69) is 15.5 Å². The molecule has 0 saturated carbocycles. The van der Waals surface area contributed by atoms with Crippen molar-refractivity contribution in [2.75, 3.05) is 13.2 Å². The van der Waals surface area contributed by atoms with Crippen LogP contribution in [0.2, 0.25) is 0 Å². The molecule has 0 saturated heterocycles. The zero-order valence-electron chi connectivity index (χ0n) is 11.4. The van der Waals surface area contributed by atoms with Gasteiger partial charge >= 0.3 is 0 Å². The lowest BCUT2D eigenvalue weighted by Crippen LogP contribution is -2.27. The summed E-state index contributed by atoms with van der Waals surface area (Å²) in [5.74, 6) is 1.12. The molecule has 1 atom stereocenters. The number of ether oxygens (including phenoxy) is 1. The van der Waals surface area contributed by atoms with Crippen LogP contribution in [-0.2, 0) is 9.53 Å². The average Bonchev–Trinajstić information content (AvgIpc) is 2.78. The molecular formula is C12H21N3O3. The highest BCUT2D eigenvalue weighted by Crippen LogP contribution is 2.16. The van der Waals surface area contributed by atoms with Gasteiger partial charge in [0.25, 0.3) is 0 Å². The predicted molar refractivity (Wildman–Crippen MR) is 66.1 cm³/mol. The summed E-state index contributed by atoms with van der Waals surface area (Å²) in [5.41, 5.74) is 0. The van der Waals surface area contributed by atoms with Crippen LogP contribution in [0.3, 0.4) is 0 Å². The molecule has 6 heteroatoms. The molecule has 6 nitrogen and oxygen atoms in total. The second-order valence-electron chi connectivity index (χ2n) is 4.37. The van der Waals surface area contributed by atoms with Crippen LogP contribution >= 0.6 is 0 Å². The van der Waals surface area contributed by atoms with E-state index in [1.807, 2.05) is 27.7 Å². The van der Waals surface area contributed by atoms with E-state index in [4.69, 9.17) is 9.15 Å². The number of carbonyl (C=O) groups excluding carboxylic acids is 1. The number of nitrogens with zero attached hydrogens (tertiary/aromatic N) is 2. The number of hydrogen-bond donors (Lipinski definition) is 1. The van der Waals surface area contributed by atoms with Gasteiger partial charge in [-0.2, -0.15) is 0 Å². The van der Waals surface area contributed by atoms with E-state index in [1.165, 1.54) is 0 Å². The second kappa shape index (κ2) is 7.10. The lowest BCUT2D eigenvalue weighted by Gasteiger charge is -2.09. The van der Waals surface area contributed by atoms with Crippen molar-refractivity contribution in [2.24, 2.45) is 0 Å². The molecule has 0 aliphatic rings. The Morgan fingerprint density at radius 2 is 2.00 bits per heavy atom. The van der Waals surface area contributed by atoms with Crippen LogP contribution in [0.1, 0.15) is 57.9 Å². The minimum absolute atomic E-state index is 0.0831. The summed E-state index contributed by atoms with van der Waals surface area (Å²) in [4.78, 5) is 11.6. The number of nitrogens with one attached hydrogen (secondary N) is 1. The number of carbonyl (C=O) groups is 1. The molecule has 1 amide bonds. The Kier molecular flexibility index (Phi) is 5.77. The molecule has 1 N–H and O–H groups in total. The Morgan fingerprint density at radius 1 is 1.33 bits per heavy atom. The standard InChI is InChI=1S/C12H21N3O3/c1-5-17-7-6-10(16)13-9(4)12-15-14-11(18-12)8(2)3/h8-9H,5-7H2,1-4H3,(H,13,16). The van der Waals surface area contributed by atoms with Crippen LogP contribution in [0.5, 0.6) is 0 Å². The van der Waals surface area contributed by atoms with Crippen LogP contribution in [0, 0.1) is 0 Å². The minimum atomic E-state index is -0.279. The van der Waals surface area contributed by atoms with Crippen molar-refractivity contribution in [3.8, 4) is 0 Å². The first kappa shape index (κ1) is 14.6. The first-order chi connectivity index (χ1) is 8.54. The van der Waals surface area contributed by atoms with Gasteiger partial charge in [-0.1, -0.05) is 13.8 Å². The first-order valence-corrected chi connectivity index (χ1v) is 6.25. The lowest BCUT2D eigenvalue weighted by atomic mass is 10.2. The Hall–Kier alpha value is -1.43. The number of aromatic nitrogens is 2. The van der Waals surface area contributed by atoms with Crippen molar-refractivity contribution >= 4 is 5.91 Å². The van der Waals surface area contributed by atoms with Crippen molar-refractivity contribution in [1.82, 2.24) is 15.5 Å². The van der Waals surface area contributed by atoms with Crippen molar-refractivity contribution < 1.29 is 13.9 Å². The summed E-state index contributed by atoms with van der Waals surface area (Å²) in [6.45, 7) is 8.70. The van der Waals surface area contributed by atoms with E-state index in [1.54, 1.807) is 0 Å². The molecule has 1 aromatic rings. The van der Waals surface area contributed by atoms with E-state index in [-0.39, 0.29) is 17.9 Å². The second-order valence-corrected chi connectivity index (χ2v) is 4.37. The van der Waals surface area contributed by atoms with Crippen molar-refractivity contribution in [1.29, 1.82) is 0 Å². The Balaban J connectivity index is 2.43. The molecule has 1 unspecified atom stereocenters. The third kappa shape index (κ3) is 4.44. The van der Waals surface area contributed by atoms with Gasteiger partial charge in [0.15, 0.2) is 0 Å². The molecule has 0 bridgehead atoms. The van der Waals surface area contributed by atoms with Gasteiger partial charge in [0.2, 0.25) is 17.7 Å². The van der Waals surface area contributed by atoms with Crippen LogP contribution in [0.4, 0.5) is 0 Å². The average molecular weight is 255 g/mol. The van der Waals surface area contributed by atoms with E-state index >= 15 is 0 Å². The maximum atomic E-state index is 11.6. The molecule has 0 spiro atoms. The quantitative estimate of drug-likeness (QED) is 0.752. The lowest BCUT2D eigenvalue weighted by molar-refractivity contribution is -0.122. The fourth-order valence-corrected chi connectivity index (χ4v) is 1.34. The third-order valence-corrected chi connectivity index (χ3v) is 2.38. The largest absolute Gasteiger partial charge is 0.423 e. The van der Waals surface area contributed by atoms with E-state index < -0.39 is 0 Å². The van der Waals surface area contributed by atoms with Gasteiger partial charge < -0.3 is 14.5 Å². The van der Waals surface area contributed by atoms with Gasteiger partial charge in [-0.3, -0.25) is 4.79 Å². The van der Waals surface area contributed by atoms with Crippen LogP contribution < -0.4 is 5.32 Å². The maximum absolute atomic E-state index is 11.6. The maximum Gasteiger partial charge on any atom is 0.238 e. The zero-order valence-corrected chi connectivity index (χ0v) is 11.4. The van der Waals surface area contributed by atoms with Crippen molar-refractivity contribution in [3.63, 3.8) is 0 Å². The molecule has 102 valence electrons. The number of rotatable bonds is 7. The summed E-state index contributed by atoms with van der Waals surface area (Å²) in [7, 11) is 0. The Bertz CT molecular complexity index is 376. The number of hydrogen-bond acceptors (Lipinski definition) is 5. The first-order valence-electron chi connectivity index (χ1n) is 6.25. The molecule has 1 heterocycles. The molecule has 0 radical (unpaired) electrons. The topological polar surface area (TPSA) is 77.2 Å². The van der Waals surface area contributed by atoms with Crippen LogP contribution in [0.15, 0.2) is 4.42 Å². The summed E-state index contributed by atoms with van der Waals surface area (Å²) in [6, 6.07) is -0.279. The van der Waals surface area contributed by atoms with Gasteiger partial charge in [-0.15, -0.1) is 10.2 Å². The van der Waals surface area contributed by atoms with E-state index in [0.717, 1.165) is 0 Å². The normalized spacial score (nSPS) is 12.7. The molecular weight excluding hydrogens is 234 g/mol. The van der Waals surface area contributed by atoms with Crippen LogP contribution in [-0.4, -0.2) is 29.3 Å². The van der Waals surface area contributed by atoms with Crippen molar-refractivity contribution in [2.45, 2.75) is 46.1 Å². The molecule has 0 aliphatic heterocycles. The van der Waals surface area contributed by atoms with Gasteiger partial charge in [-0.25, -0.2) is 0 Å². The summed E-state index contributed by atoms with van der Waals surface area (Å²) in [6.07, 6.45) is 0.337. The number of amides is 1. The molecule has 1 aromatic heterocycles. The molecule has 0 aromatic carbocycles. The van der Waals surface area contributed by atoms with Gasteiger partial charge in [0.1, 0.15) is 6.04 Å². The predicted octanol–water partition coefficient (Wildman–Crippen LogP) is 1.80. The van der Waals surface area contributed by atoms with Crippen LogP contribution in [0.25, 0.3) is 0 Å². The fraction of sp³-hybridized carbons (Fsp3) is 0.750. The Morgan fingerprint density at radius 3 is 2.56 bits per heavy atom. The summed E-state index contributed by atoms with van der Waals surface area (Å²) < 4.78 is 10.6.